The summed E-state index contributed by atoms with van der Waals surface area (Å²) in [7, 11) is 0. The maximum Gasteiger partial charge on any atom is 0.165 e. The van der Waals surface area contributed by atoms with Gasteiger partial charge >= 0.3 is 0 Å². The monoisotopic (exact) mass is 280 g/mol. The van der Waals surface area contributed by atoms with Gasteiger partial charge in [0.05, 0.1) is 13.2 Å². The molecular formula is C15H14ClFO2. The highest BCUT2D eigenvalue weighted by molar-refractivity contribution is 6.30. The minimum Gasteiger partial charge on any atom is -0.490 e. The summed E-state index contributed by atoms with van der Waals surface area (Å²) >= 11 is 5.81. The van der Waals surface area contributed by atoms with Gasteiger partial charge in [-0.15, -0.1) is 0 Å². The molecule has 2 aromatic carbocycles. The summed E-state index contributed by atoms with van der Waals surface area (Å²) < 4.78 is 18.8. The van der Waals surface area contributed by atoms with Gasteiger partial charge in [-0.05, 0) is 29.8 Å². The zero-order chi connectivity index (χ0) is 13.7. The fraction of sp³-hybridized carbons (Fsp3) is 0.200. The van der Waals surface area contributed by atoms with Gasteiger partial charge in [-0.25, -0.2) is 4.39 Å². The highest BCUT2D eigenvalue weighted by atomic mass is 35.5. The van der Waals surface area contributed by atoms with E-state index < -0.39 is 5.82 Å². The third-order valence-electron chi connectivity index (χ3n) is 2.84. The molecule has 0 saturated carbocycles. The molecule has 0 spiro atoms. The van der Waals surface area contributed by atoms with Crippen LogP contribution in [0.1, 0.15) is 11.5 Å². The van der Waals surface area contributed by atoms with Crippen molar-refractivity contribution < 1.29 is 14.2 Å². The van der Waals surface area contributed by atoms with Crippen molar-refractivity contribution >= 4 is 11.6 Å². The molecule has 100 valence electrons. The van der Waals surface area contributed by atoms with Gasteiger partial charge in [0.2, 0.25) is 0 Å². The molecule has 1 unspecified atom stereocenters. The van der Waals surface area contributed by atoms with Crippen LogP contribution < -0.4 is 4.74 Å². The first-order valence-electron chi connectivity index (χ1n) is 5.94. The van der Waals surface area contributed by atoms with E-state index in [0.29, 0.717) is 5.02 Å². The molecule has 0 heterocycles. The number of ether oxygens (including phenoxy) is 1. The molecule has 1 atom stereocenters. The first-order chi connectivity index (χ1) is 9.20. The Kier molecular flexibility index (Phi) is 4.77. The molecule has 0 aliphatic carbocycles. The van der Waals surface area contributed by atoms with E-state index in [1.807, 2.05) is 12.1 Å². The van der Waals surface area contributed by atoms with Crippen LogP contribution in [0.25, 0.3) is 0 Å². The largest absolute Gasteiger partial charge is 0.490 e. The molecular weight excluding hydrogens is 267 g/mol. The first-order valence-corrected chi connectivity index (χ1v) is 6.32. The number of para-hydroxylation sites is 1. The molecule has 0 amide bonds. The van der Waals surface area contributed by atoms with Crippen molar-refractivity contribution in [3.8, 4) is 5.75 Å². The summed E-state index contributed by atoms with van der Waals surface area (Å²) in [6, 6.07) is 13.4. The molecule has 0 fully saturated rings. The number of hydrogen-bond donors (Lipinski definition) is 1. The second kappa shape index (κ2) is 6.55. The van der Waals surface area contributed by atoms with Crippen LogP contribution in [0.5, 0.6) is 5.75 Å². The highest BCUT2D eigenvalue weighted by Gasteiger charge is 2.12. The first kappa shape index (κ1) is 13.8. The molecule has 0 saturated heterocycles. The Morgan fingerprint density at radius 3 is 2.42 bits per heavy atom. The lowest BCUT2D eigenvalue weighted by Crippen LogP contribution is -2.14. The smallest absolute Gasteiger partial charge is 0.165 e. The van der Waals surface area contributed by atoms with Gasteiger partial charge in [0.1, 0.15) is 0 Å². The number of benzene rings is 2. The van der Waals surface area contributed by atoms with Crippen molar-refractivity contribution in [1.29, 1.82) is 0 Å². The third kappa shape index (κ3) is 3.69. The predicted octanol–water partition coefficient (Wildman–Crippen LogP) is 3.63. The van der Waals surface area contributed by atoms with Crippen LogP contribution in [0.4, 0.5) is 4.39 Å². The fourth-order valence-corrected chi connectivity index (χ4v) is 1.87. The predicted molar refractivity (Wildman–Crippen MR) is 73.2 cm³/mol. The highest BCUT2D eigenvalue weighted by Crippen LogP contribution is 2.21. The van der Waals surface area contributed by atoms with Gasteiger partial charge in [-0.3, -0.25) is 0 Å². The Hall–Kier alpha value is -1.58. The van der Waals surface area contributed by atoms with Crippen molar-refractivity contribution in [2.24, 2.45) is 0 Å². The molecule has 0 bridgehead atoms. The maximum absolute atomic E-state index is 13.4. The molecule has 0 aromatic heterocycles. The van der Waals surface area contributed by atoms with Crippen molar-refractivity contribution in [3.63, 3.8) is 0 Å². The minimum atomic E-state index is -0.407. The van der Waals surface area contributed by atoms with Crippen LogP contribution >= 0.6 is 11.6 Å². The summed E-state index contributed by atoms with van der Waals surface area (Å²) in [5, 5.41) is 10.0. The summed E-state index contributed by atoms with van der Waals surface area (Å²) in [6.07, 6.45) is 0. The Morgan fingerprint density at radius 2 is 1.79 bits per heavy atom. The summed E-state index contributed by atoms with van der Waals surface area (Å²) in [6.45, 7) is 0.134. The van der Waals surface area contributed by atoms with Crippen LogP contribution in [0, 0.1) is 5.82 Å². The molecule has 19 heavy (non-hydrogen) atoms. The molecule has 1 N–H and O–H groups in total. The van der Waals surface area contributed by atoms with Crippen LogP contribution in [-0.4, -0.2) is 18.3 Å². The van der Waals surface area contributed by atoms with E-state index in [-0.39, 0.29) is 24.9 Å². The Morgan fingerprint density at radius 1 is 1.11 bits per heavy atom. The molecule has 2 rings (SSSR count). The molecule has 4 heteroatoms. The van der Waals surface area contributed by atoms with Gasteiger partial charge in [-0.2, -0.15) is 0 Å². The van der Waals surface area contributed by atoms with E-state index in [1.54, 1.807) is 30.3 Å². The number of aliphatic hydroxyl groups is 1. The van der Waals surface area contributed by atoms with Gasteiger partial charge in [-0.1, -0.05) is 35.9 Å². The minimum absolute atomic E-state index is 0.0733. The van der Waals surface area contributed by atoms with E-state index in [1.165, 1.54) is 6.07 Å². The lowest BCUT2D eigenvalue weighted by molar-refractivity contribution is 0.201. The Labute approximate surface area is 116 Å². The van der Waals surface area contributed by atoms with Crippen LogP contribution in [0.2, 0.25) is 5.02 Å². The van der Waals surface area contributed by atoms with Gasteiger partial charge in [0.25, 0.3) is 0 Å². The zero-order valence-corrected chi connectivity index (χ0v) is 11.0. The Balaban J connectivity index is 2.04. The molecule has 2 nitrogen and oxygen atoms in total. The number of hydrogen-bond acceptors (Lipinski definition) is 2. The zero-order valence-electron chi connectivity index (χ0n) is 10.2. The van der Waals surface area contributed by atoms with Crippen molar-refractivity contribution in [2.75, 3.05) is 13.2 Å². The van der Waals surface area contributed by atoms with Gasteiger partial charge in [0, 0.05) is 10.9 Å². The number of rotatable bonds is 5. The second-order valence-corrected chi connectivity index (χ2v) is 4.61. The molecule has 0 aliphatic rings. The summed E-state index contributed by atoms with van der Waals surface area (Å²) in [5.74, 6) is -0.429. The molecule has 0 aliphatic heterocycles. The van der Waals surface area contributed by atoms with E-state index in [4.69, 9.17) is 16.3 Å². The quantitative estimate of drug-likeness (QED) is 0.906. The fourth-order valence-electron chi connectivity index (χ4n) is 1.74. The van der Waals surface area contributed by atoms with Gasteiger partial charge < -0.3 is 9.84 Å². The van der Waals surface area contributed by atoms with Crippen molar-refractivity contribution in [2.45, 2.75) is 5.92 Å². The van der Waals surface area contributed by atoms with Crippen LogP contribution in [0.15, 0.2) is 48.5 Å². The SMILES string of the molecule is OCC(COc1ccccc1F)c1ccc(Cl)cc1. The normalized spacial score (nSPS) is 12.2. The van der Waals surface area contributed by atoms with E-state index in [0.717, 1.165) is 5.56 Å². The molecule has 2 aromatic rings. The van der Waals surface area contributed by atoms with Crippen LogP contribution in [0.3, 0.4) is 0 Å². The Bertz CT molecular complexity index is 528. The molecule has 0 radical (unpaired) electrons. The summed E-state index contributed by atoms with van der Waals surface area (Å²) in [5.41, 5.74) is 0.906. The van der Waals surface area contributed by atoms with Crippen molar-refractivity contribution in [3.05, 3.63) is 64.9 Å². The van der Waals surface area contributed by atoms with Crippen molar-refractivity contribution in [1.82, 2.24) is 0 Å². The van der Waals surface area contributed by atoms with Gasteiger partial charge in [0.15, 0.2) is 11.6 Å². The van der Waals surface area contributed by atoms with E-state index >= 15 is 0 Å². The average molecular weight is 281 g/mol. The maximum atomic E-state index is 13.4. The average Bonchev–Trinajstić information content (AvgIpc) is 2.43. The standard InChI is InChI=1S/C15H14ClFO2/c16-13-7-5-11(6-8-13)12(9-18)10-19-15-4-2-1-3-14(15)17/h1-8,12,18H,9-10H2. The third-order valence-corrected chi connectivity index (χ3v) is 3.09. The number of halogens is 2. The summed E-state index contributed by atoms with van der Waals surface area (Å²) in [4.78, 5) is 0. The van der Waals surface area contributed by atoms with E-state index in [2.05, 4.69) is 0 Å². The second-order valence-electron chi connectivity index (χ2n) is 4.17. The van der Waals surface area contributed by atoms with Crippen LogP contribution in [-0.2, 0) is 0 Å². The topological polar surface area (TPSA) is 29.5 Å². The number of aliphatic hydroxyl groups excluding tert-OH is 1. The van der Waals surface area contributed by atoms with E-state index in [9.17, 15) is 9.50 Å². The lowest BCUT2D eigenvalue weighted by atomic mass is 10.0. The lowest BCUT2D eigenvalue weighted by Gasteiger charge is -2.16.